The highest BCUT2D eigenvalue weighted by atomic mass is 16.3. The highest BCUT2D eigenvalue weighted by Crippen LogP contribution is 2.29. The lowest BCUT2D eigenvalue weighted by molar-refractivity contribution is 0.0679. The third kappa shape index (κ3) is 1.53. The number of hydrogen-bond donors (Lipinski definition) is 1. The summed E-state index contributed by atoms with van der Waals surface area (Å²) in [5, 5.41) is 3.39. The van der Waals surface area contributed by atoms with Gasteiger partial charge in [0, 0.05) is 18.6 Å². The van der Waals surface area contributed by atoms with Gasteiger partial charge in [0.1, 0.15) is 6.26 Å². The van der Waals surface area contributed by atoms with Crippen molar-refractivity contribution in [3.05, 3.63) is 24.2 Å². The van der Waals surface area contributed by atoms with Crippen LogP contribution in [0.15, 0.2) is 23.0 Å². The first kappa shape index (κ1) is 9.90. The van der Waals surface area contributed by atoms with Gasteiger partial charge < -0.3 is 14.6 Å². The third-order valence-corrected chi connectivity index (χ3v) is 3.66. The predicted molar refractivity (Wildman–Crippen MR) is 59.2 cm³/mol. The molecule has 2 fully saturated rings. The Kier molecular flexibility index (Phi) is 2.44. The minimum atomic E-state index is 0.130. The van der Waals surface area contributed by atoms with Gasteiger partial charge in [-0.05, 0) is 31.9 Å². The van der Waals surface area contributed by atoms with E-state index in [1.54, 1.807) is 18.6 Å². The van der Waals surface area contributed by atoms with Gasteiger partial charge in [-0.1, -0.05) is 0 Å². The molecule has 2 saturated heterocycles. The van der Waals surface area contributed by atoms with Gasteiger partial charge in [-0.3, -0.25) is 4.79 Å². The third-order valence-electron chi connectivity index (χ3n) is 3.66. The van der Waals surface area contributed by atoms with Crippen LogP contribution < -0.4 is 5.32 Å². The fourth-order valence-electron chi connectivity index (χ4n) is 2.85. The van der Waals surface area contributed by atoms with E-state index in [0.717, 1.165) is 32.4 Å². The van der Waals surface area contributed by atoms with Crippen LogP contribution in [0.5, 0.6) is 0 Å². The summed E-state index contributed by atoms with van der Waals surface area (Å²) in [5.74, 6) is 0.130. The van der Waals surface area contributed by atoms with E-state index >= 15 is 0 Å². The predicted octanol–water partition coefficient (Wildman–Crippen LogP) is 1.25. The number of rotatable bonds is 1. The average molecular weight is 220 g/mol. The standard InChI is InChI=1S/C12H16N2O2/c15-12(9-4-6-16-8-9)14-10-1-2-11(14)7-13-5-3-10/h4,6,8,10-11,13H,1-3,5,7H2. The maximum atomic E-state index is 12.3. The highest BCUT2D eigenvalue weighted by Gasteiger charge is 2.38. The van der Waals surface area contributed by atoms with E-state index in [1.165, 1.54) is 0 Å². The van der Waals surface area contributed by atoms with E-state index < -0.39 is 0 Å². The summed E-state index contributed by atoms with van der Waals surface area (Å²) in [7, 11) is 0. The number of carbonyl (C=O) groups is 1. The molecule has 0 saturated carbocycles. The Hall–Kier alpha value is -1.29. The molecule has 86 valence electrons. The minimum absolute atomic E-state index is 0.130. The van der Waals surface area contributed by atoms with Crippen molar-refractivity contribution in [1.82, 2.24) is 10.2 Å². The van der Waals surface area contributed by atoms with Crippen molar-refractivity contribution in [3.8, 4) is 0 Å². The van der Waals surface area contributed by atoms with Crippen molar-refractivity contribution in [1.29, 1.82) is 0 Å². The number of carbonyl (C=O) groups excluding carboxylic acids is 1. The summed E-state index contributed by atoms with van der Waals surface area (Å²) in [4.78, 5) is 14.4. The monoisotopic (exact) mass is 220 g/mol. The molecule has 3 rings (SSSR count). The molecule has 0 spiro atoms. The van der Waals surface area contributed by atoms with Gasteiger partial charge in [-0.2, -0.15) is 0 Å². The van der Waals surface area contributed by atoms with Gasteiger partial charge in [0.05, 0.1) is 11.8 Å². The van der Waals surface area contributed by atoms with E-state index in [-0.39, 0.29) is 5.91 Å². The molecule has 1 aromatic heterocycles. The van der Waals surface area contributed by atoms with Crippen molar-refractivity contribution in [3.63, 3.8) is 0 Å². The van der Waals surface area contributed by atoms with Crippen molar-refractivity contribution in [2.45, 2.75) is 31.3 Å². The molecule has 3 heterocycles. The van der Waals surface area contributed by atoms with Crippen molar-refractivity contribution in [2.75, 3.05) is 13.1 Å². The highest BCUT2D eigenvalue weighted by molar-refractivity contribution is 5.94. The molecule has 2 unspecified atom stereocenters. The molecule has 1 aromatic rings. The number of amides is 1. The maximum absolute atomic E-state index is 12.3. The normalized spacial score (nSPS) is 29.1. The zero-order chi connectivity index (χ0) is 11.0. The topological polar surface area (TPSA) is 45.5 Å². The van der Waals surface area contributed by atoms with Crippen LogP contribution in [0.25, 0.3) is 0 Å². The Morgan fingerprint density at radius 3 is 3.06 bits per heavy atom. The average Bonchev–Trinajstić information content (AvgIpc) is 2.84. The molecular weight excluding hydrogens is 204 g/mol. The molecule has 4 nitrogen and oxygen atoms in total. The lowest BCUT2D eigenvalue weighted by atomic mass is 10.1. The van der Waals surface area contributed by atoms with Gasteiger partial charge in [0.2, 0.25) is 0 Å². The van der Waals surface area contributed by atoms with Crippen molar-refractivity contribution >= 4 is 5.91 Å². The van der Waals surface area contributed by atoms with Crippen molar-refractivity contribution in [2.24, 2.45) is 0 Å². The Morgan fingerprint density at radius 1 is 1.38 bits per heavy atom. The fraction of sp³-hybridized carbons (Fsp3) is 0.583. The number of fused-ring (bicyclic) bond motifs is 2. The fourth-order valence-corrected chi connectivity index (χ4v) is 2.85. The molecule has 2 atom stereocenters. The largest absolute Gasteiger partial charge is 0.472 e. The summed E-state index contributed by atoms with van der Waals surface area (Å²) >= 11 is 0. The molecule has 16 heavy (non-hydrogen) atoms. The molecule has 2 aliphatic heterocycles. The SMILES string of the molecule is O=C(c1ccoc1)N1C2CCNCC1CC2. The Bertz CT molecular complexity index is 360. The molecule has 2 aliphatic rings. The van der Waals surface area contributed by atoms with Gasteiger partial charge in [0.15, 0.2) is 0 Å². The molecule has 0 aliphatic carbocycles. The van der Waals surface area contributed by atoms with Crippen molar-refractivity contribution < 1.29 is 9.21 Å². The Labute approximate surface area is 94.6 Å². The smallest absolute Gasteiger partial charge is 0.257 e. The van der Waals surface area contributed by atoms with Crippen LogP contribution >= 0.6 is 0 Å². The summed E-state index contributed by atoms with van der Waals surface area (Å²) in [5.41, 5.74) is 0.679. The summed E-state index contributed by atoms with van der Waals surface area (Å²) in [6.07, 6.45) is 6.45. The van der Waals surface area contributed by atoms with E-state index in [0.29, 0.717) is 17.6 Å². The lowest BCUT2D eigenvalue weighted by Crippen LogP contribution is -2.42. The molecule has 4 heteroatoms. The summed E-state index contributed by atoms with van der Waals surface area (Å²) < 4.78 is 4.99. The van der Waals surface area contributed by atoms with E-state index in [1.807, 2.05) is 0 Å². The van der Waals surface area contributed by atoms with Crippen LogP contribution in [0.4, 0.5) is 0 Å². The van der Waals surface area contributed by atoms with Crippen LogP contribution in [0.1, 0.15) is 29.6 Å². The molecule has 2 bridgehead atoms. The quantitative estimate of drug-likeness (QED) is 0.774. The molecule has 1 N–H and O–H groups in total. The molecular formula is C12H16N2O2. The number of nitrogens with one attached hydrogen (secondary N) is 1. The van der Waals surface area contributed by atoms with E-state index in [2.05, 4.69) is 10.2 Å². The summed E-state index contributed by atoms with van der Waals surface area (Å²) in [6, 6.07) is 2.54. The minimum Gasteiger partial charge on any atom is -0.472 e. The molecule has 1 amide bonds. The molecule has 0 aromatic carbocycles. The number of hydrogen-bond acceptors (Lipinski definition) is 3. The van der Waals surface area contributed by atoms with Gasteiger partial charge in [-0.25, -0.2) is 0 Å². The van der Waals surface area contributed by atoms with E-state index in [9.17, 15) is 4.79 Å². The summed E-state index contributed by atoms with van der Waals surface area (Å²) in [6.45, 7) is 1.95. The van der Waals surface area contributed by atoms with E-state index in [4.69, 9.17) is 4.42 Å². The first-order valence-corrected chi connectivity index (χ1v) is 5.92. The first-order valence-electron chi connectivity index (χ1n) is 5.92. The number of furan rings is 1. The zero-order valence-corrected chi connectivity index (χ0v) is 9.19. The Morgan fingerprint density at radius 2 is 2.25 bits per heavy atom. The van der Waals surface area contributed by atoms with Gasteiger partial charge in [0.25, 0.3) is 5.91 Å². The van der Waals surface area contributed by atoms with Crippen LogP contribution in [0, 0.1) is 0 Å². The molecule has 0 radical (unpaired) electrons. The first-order chi connectivity index (χ1) is 7.86. The van der Waals surface area contributed by atoms with Crippen LogP contribution in [0.3, 0.4) is 0 Å². The number of nitrogens with zero attached hydrogens (tertiary/aromatic N) is 1. The van der Waals surface area contributed by atoms with Crippen LogP contribution in [-0.2, 0) is 0 Å². The zero-order valence-electron chi connectivity index (χ0n) is 9.19. The van der Waals surface area contributed by atoms with Gasteiger partial charge >= 0.3 is 0 Å². The second kappa shape index (κ2) is 3.94. The Balaban J connectivity index is 1.85. The van der Waals surface area contributed by atoms with Crippen LogP contribution in [-0.4, -0.2) is 36.0 Å². The maximum Gasteiger partial charge on any atom is 0.257 e. The van der Waals surface area contributed by atoms with Gasteiger partial charge in [-0.15, -0.1) is 0 Å². The van der Waals surface area contributed by atoms with Crippen LogP contribution in [0.2, 0.25) is 0 Å². The second-order valence-electron chi connectivity index (χ2n) is 4.60. The second-order valence-corrected chi connectivity index (χ2v) is 4.60. The lowest BCUT2D eigenvalue weighted by Gasteiger charge is -2.27.